The summed E-state index contributed by atoms with van der Waals surface area (Å²) in [5.41, 5.74) is 1.09. The maximum atomic E-state index is 13.9. The fourth-order valence-electron chi connectivity index (χ4n) is 4.42. The lowest BCUT2D eigenvalue weighted by Crippen LogP contribution is -2.40. The zero-order chi connectivity index (χ0) is 27.6. The molecule has 0 unspecified atom stereocenters. The number of methoxy groups -OCH3 is 2. The van der Waals surface area contributed by atoms with E-state index in [4.69, 9.17) is 18.6 Å². The Morgan fingerprint density at radius 1 is 1.18 bits per heavy atom. The number of allylic oxidation sites excluding steroid dienone is 1. The van der Waals surface area contributed by atoms with Crippen molar-refractivity contribution in [3.63, 3.8) is 0 Å². The number of esters is 1. The van der Waals surface area contributed by atoms with Crippen LogP contribution in [-0.4, -0.2) is 44.5 Å². The zero-order valence-corrected chi connectivity index (χ0v) is 24.6. The third kappa shape index (κ3) is 5.04. The summed E-state index contributed by atoms with van der Waals surface area (Å²) in [7, 11) is 3.08. The van der Waals surface area contributed by atoms with E-state index in [2.05, 4.69) is 39.7 Å². The monoisotopic (exact) mass is 603 g/mol. The van der Waals surface area contributed by atoms with E-state index in [9.17, 15) is 9.59 Å². The molecule has 0 radical (unpaired) electrons. The van der Waals surface area contributed by atoms with Gasteiger partial charge >= 0.3 is 5.97 Å². The standard InChI is InChI=1S/C27H30BrN3O6S/c1-7-30(8-2)22-11-10-16(37-22)12-21-25(32)31-24(17-13-19(34-5)20(35-6)14-18(17)28)23(26(33)36-9-3)15(4)29-27(31)38-21/h10-14,24H,7-9H2,1-6H3/b21-12-/t24-/m1/s1. The van der Waals surface area contributed by atoms with Crippen molar-refractivity contribution in [3.05, 3.63) is 71.0 Å². The lowest BCUT2D eigenvalue weighted by Gasteiger charge is -2.26. The minimum atomic E-state index is -0.801. The Kier molecular flexibility index (Phi) is 8.47. The number of carbonyl (C=O) groups excluding carboxylic acids is 1. The first-order valence-corrected chi connectivity index (χ1v) is 13.8. The number of aromatic nitrogens is 1. The van der Waals surface area contributed by atoms with E-state index in [-0.39, 0.29) is 17.7 Å². The molecular weight excluding hydrogens is 574 g/mol. The van der Waals surface area contributed by atoms with Crippen LogP contribution in [-0.2, 0) is 9.53 Å². The number of nitrogens with zero attached hydrogens (tertiary/aromatic N) is 3. The first kappa shape index (κ1) is 27.7. The van der Waals surface area contributed by atoms with Crippen LogP contribution in [0.4, 0.5) is 5.88 Å². The molecule has 1 atom stereocenters. The fraction of sp³-hybridized carbons (Fsp3) is 0.370. The summed E-state index contributed by atoms with van der Waals surface area (Å²) in [6.07, 6.45) is 1.71. The number of ether oxygens (including phenoxy) is 3. The molecule has 11 heteroatoms. The predicted octanol–water partition coefficient (Wildman–Crippen LogP) is 4.02. The third-order valence-corrected chi connectivity index (χ3v) is 7.95. The number of furan rings is 1. The van der Waals surface area contributed by atoms with Crippen LogP contribution < -0.4 is 29.3 Å². The number of halogens is 1. The average Bonchev–Trinajstić information content (AvgIpc) is 3.48. The summed E-state index contributed by atoms with van der Waals surface area (Å²) in [6.45, 7) is 9.39. The van der Waals surface area contributed by atoms with Crippen LogP contribution in [0.2, 0.25) is 0 Å². The molecular formula is C27H30BrN3O6S. The fourth-order valence-corrected chi connectivity index (χ4v) is 5.99. The Bertz CT molecular complexity index is 1560. The molecule has 1 aliphatic rings. The van der Waals surface area contributed by atoms with E-state index in [1.54, 1.807) is 39.2 Å². The van der Waals surface area contributed by atoms with Crippen molar-refractivity contribution < 1.29 is 23.4 Å². The quantitative estimate of drug-likeness (QED) is 0.341. The predicted molar refractivity (Wildman–Crippen MR) is 150 cm³/mol. The number of benzene rings is 1. The molecule has 9 nitrogen and oxygen atoms in total. The van der Waals surface area contributed by atoms with Gasteiger partial charge in [-0.15, -0.1) is 0 Å². The highest BCUT2D eigenvalue weighted by Gasteiger charge is 2.35. The maximum absolute atomic E-state index is 13.9. The second kappa shape index (κ2) is 11.6. The van der Waals surface area contributed by atoms with Crippen LogP contribution in [0.3, 0.4) is 0 Å². The minimum absolute atomic E-state index is 0.188. The van der Waals surface area contributed by atoms with Crippen LogP contribution in [0, 0.1) is 0 Å². The zero-order valence-electron chi connectivity index (χ0n) is 22.2. The minimum Gasteiger partial charge on any atom is -0.493 e. The van der Waals surface area contributed by atoms with E-state index in [1.807, 2.05) is 12.1 Å². The Labute approximate surface area is 232 Å². The highest BCUT2D eigenvalue weighted by atomic mass is 79.9. The van der Waals surface area contributed by atoms with Gasteiger partial charge < -0.3 is 23.5 Å². The van der Waals surface area contributed by atoms with Crippen LogP contribution >= 0.6 is 27.3 Å². The van der Waals surface area contributed by atoms with E-state index in [0.717, 1.165) is 19.0 Å². The SMILES string of the molecule is CCOC(=O)C1=C(C)N=c2s/c(=C\c3ccc(N(CC)CC)o3)c(=O)n2[C@@H]1c1cc(OC)c(OC)cc1Br. The van der Waals surface area contributed by atoms with Crippen molar-refractivity contribution in [2.75, 3.05) is 38.8 Å². The van der Waals surface area contributed by atoms with Crippen molar-refractivity contribution in [3.8, 4) is 11.5 Å². The van der Waals surface area contributed by atoms with Gasteiger partial charge in [-0.1, -0.05) is 27.3 Å². The molecule has 4 rings (SSSR count). The summed E-state index contributed by atoms with van der Waals surface area (Å²) in [5, 5.41) is 0. The van der Waals surface area contributed by atoms with Gasteiger partial charge in [-0.25, -0.2) is 9.79 Å². The van der Waals surface area contributed by atoms with Crippen LogP contribution in [0.5, 0.6) is 11.5 Å². The molecule has 38 heavy (non-hydrogen) atoms. The molecule has 3 heterocycles. The van der Waals surface area contributed by atoms with Crippen molar-refractivity contribution >= 4 is 45.2 Å². The molecule has 0 bridgehead atoms. The topological polar surface area (TPSA) is 95.5 Å². The van der Waals surface area contributed by atoms with E-state index < -0.39 is 12.0 Å². The number of rotatable bonds is 9. The summed E-state index contributed by atoms with van der Waals surface area (Å²) >= 11 is 4.84. The molecule has 202 valence electrons. The molecule has 3 aromatic rings. The number of thiazole rings is 1. The van der Waals surface area contributed by atoms with Crippen LogP contribution in [0.25, 0.3) is 6.08 Å². The molecule has 0 saturated carbocycles. The Hall–Kier alpha value is -3.31. The van der Waals surface area contributed by atoms with Crippen LogP contribution in [0.1, 0.15) is 45.1 Å². The van der Waals surface area contributed by atoms with Gasteiger partial charge in [0.15, 0.2) is 22.2 Å². The lowest BCUT2D eigenvalue weighted by atomic mass is 9.95. The second-order valence-corrected chi connectivity index (χ2v) is 10.2. The molecule has 0 amide bonds. The highest BCUT2D eigenvalue weighted by Crippen LogP contribution is 2.40. The van der Waals surface area contributed by atoms with Crippen molar-refractivity contribution in [1.82, 2.24) is 4.57 Å². The maximum Gasteiger partial charge on any atom is 0.338 e. The number of anilines is 1. The number of hydrogen-bond acceptors (Lipinski definition) is 9. The van der Waals surface area contributed by atoms with Crippen LogP contribution in [0.15, 0.2) is 54.2 Å². The molecule has 2 aromatic heterocycles. The molecule has 1 aliphatic heterocycles. The van der Waals surface area contributed by atoms with E-state index in [1.165, 1.54) is 23.0 Å². The molecule has 0 spiro atoms. The lowest BCUT2D eigenvalue weighted by molar-refractivity contribution is -0.139. The van der Waals surface area contributed by atoms with Crippen molar-refractivity contribution in [2.45, 2.75) is 33.7 Å². The van der Waals surface area contributed by atoms with Gasteiger partial charge in [-0.3, -0.25) is 9.36 Å². The van der Waals surface area contributed by atoms with Gasteiger partial charge in [0.25, 0.3) is 5.56 Å². The molecule has 1 aromatic carbocycles. The van der Waals surface area contributed by atoms with Gasteiger partial charge in [-0.05, 0) is 51.5 Å². The molecule has 0 aliphatic carbocycles. The van der Waals surface area contributed by atoms with E-state index >= 15 is 0 Å². The molecule has 0 fully saturated rings. The normalized spacial score (nSPS) is 15.2. The van der Waals surface area contributed by atoms with Crippen molar-refractivity contribution in [2.24, 2.45) is 4.99 Å². The summed E-state index contributed by atoms with van der Waals surface area (Å²) in [5.74, 6) is 1.73. The molecule has 0 N–H and O–H groups in total. The highest BCUT2D eigenvalue weighted by molar-refractivity contribution is 9.10. The van der Waals surface area contributed by atoms with Gasteiger partial charge in [0.1, 0.15) is 5.76 Å². The van der Waals surface area contributed by atoms with Crippen molar-refractivity contribution in [1.29, 1.82) is 0 Å². The van der Waals surface area contributed by atoms with E-state index in [0.29, 0.717) is 42.3 Å². The summed E-state index contributed by atoms with van der Waals surface area (Å²) < 4.78 is 24.9. The third-order valence-electron chi connectivity index (χ3n) is 6.28. The summed E-state index contributed by atoms with van der Waals surface area (Å²) in [6, 6.07) is 6.43. The first-order chi connectivity index (χ1) is 18.3. The Balaban J connectivity index is 1.94. The smallest absolute Gasteiger partial charge is 0.338 e. The molecule has 0 saturated heterocycles. The first-order valence-electron chi connectivity index (χ1n) is 12.2. The van der Waals surface area contributed by atoms with Gasteiger partial charge in [0.2, 0.25) is 0 Å². The summed E-state index contributed by atoms with van der Waals surface area (Å²) in [4.78, 5) is 34.2. The Morgan fingerprint density at radius 3 is 2.50 bits per heavy atom. The second-order valence-electron chi connectivity index (χ2n) is 8.38. The van der Waals surface area contributed by atoms with Gasteiger partial charge in [-0.2, -0.15) is 0 Å². The van der Waals surface area contributed by atoms with Gasteiger partial charge in [0.05, 0.1) is 42.7 Å². The number of hydrogen-bond donors (Lipinski definition) is 0. The Morgan fingerprint density at radius 2 is 1.87 bits per heavy atom. The number of carbonyl (C=O) groups is 1. The largest absolute Gasteiger partial charge is 0.493 e. The average molecular weight is 605 g/mol. The number of fused-ring (bicyclic) bond motifs is 1. The van der Waals surface area contributed by atoms with Gasteiger partial charge in [0, 0.05) is 29.7 Å².